The molecule has 1 aliphatic rings. The fourth-order valence-corrected chi connectivity index (χ4v) is 3.26. The molecule has 2 nitrogen and oxygen atoms in total. The van der Waals surface area contributed by atoms with Crippen LogP contribution in [0.25, 0.3) is 0 Å². The minimum atomic E-state index is 0.342. The minimum absolute atomic E-state index is 0.342. The molecule has 0 bridgehead atoms. The normalized spacial score (nSPS) is 25.4. The number of nitrogens with one attached hydrogen (secondary N) is 1. The summed E-state index contributed by atoms with van der Waals surface area (Å²) in [7, 11) is 0. The smallest absolute Gasteiger partial charge is 0.115 e. The molecule has 0 aliphatic carbocycles. The van der Waals surface area contributed by atoms with E-state index in [2.05, 4.69) is 12.2 Å². The molecule has 88 valence electrons. The molecule has 2 atom stereocenters. The highest BCUT2D eigenvalue weighted by atomic mass is 32.2. The molecule has 3 heteroatoms. The van der Waals surface area contributed by atoms with Gasteiger partial charge in [-0.15, -0.1) is 0 Å². The van der Waals surface area contributed by atoms with E-state index in [0.717, 1.165) is 11.3 Å². The Balaban J connectivity index is 2.07. The molecule has 0 spiro atoms. The number of hydrogen-bond acceptors (Lipinski definition) is 3. The van der Waals surface area contributed by atoms with Crippen LogP contribution in [0.15, 0.2) is 18.2 Å². The van der Waals surface area contributed by atoms with E-state index in [1.165, 1.54) is 18.6 Å². The topological polar surface area (TPSA) is 32.3 Å². The first-order valence-corrected chi connectivity index (χ1v) is 6.89. The Morgan fingerprint density at radius 3 is 2.94 bits per heavy atom. The van der Waals surface area contributed by atoms with Crippen LogP contribution in [0, 0.1) is 6.92 Å². The van der Waals surface area contributed by atoms with Crippen molar-refractivity contribution in [3.63, 3.8) is 0 Å². The third-order valence-corrected chi connectivity index (χ3v) is 4.54. The van der Waals surface area contributed by atoms with E-state index in [-0.39, 0.29) is 0 Å². The van der Waals surface area contributed by atoms with Crippen molar-refractivity contribution >= 4 is 17.4 Å². The van der Waals surface area contributed by atoms with Crippen molar-refractivity contribution in [2.75, 3.05) is 11.1 Å². The van der Waals surface area contributed by atoms with Gasteiger partial charge in [0.2, 0.25) is 0 Å². The number of aromatic hydroxyl groups is 1. The van der Waals surface area contributed by atoms with E-state index in [9.17, 15) is 5.11 Å². The van der Waals surface area contributed by atoms with Gasteiger partial charge in [-0.3, -0.25) is 0 Å². The summed E-state index contributed by atoms with van der Waals surface area (Å²) in [5.74, 6) is 1.63. The van der Waals surface area contributed by atoms with E-state index in [0.29, 0.717) is 17.0 Å². The SMILES string of the molecule is Cc1cc(O)ccc1NC1CCCSC1C. The van der Waals surface area contributed by atoms with Crippen LogP contribution in [0.3, 0.4) is 0 Å². The van der Waals surface area contributed by atoms with Crippen molar-refractivity contribution < 1.29 is 5.11 Å². The standard InChI is InChI=1S/C13H19NOS/c1-9-8-11(15)5-6-12(9)14-13-4-3-7-16-10(13)2/h5-6,8,10,13-15H,3-4,7H2,1-2H3. The van der Waals surface area contributed by atoms with Gasteiger partial charge in [0.25, 0.3) is 0 Å². The average Bonchev–Trinajstić information content (AvgIpc) is 2.25. The molecule has 0 saturated carbocycles. The second-order valence-electron chi connectivity index (χ2n) is 4.47. The summed E-state index contributed by atoms with van der Waals surface area (Å²) in [6, 6.07) is 6.08. The fraction of sp³-hybridized carbons (Fsp3) is 0.538. The Morgan fingerprint density at radius 2 is 2.25 bits per heavy atom. The first kappa shape index (κ1) is 11.6. The zero-order valence-corrected chi connectivity index (χ0v) is 10.7. The summed E-state index contributed by atoms with van der Waals surface area (Å²) >= 11 is 2.04. The minimum Gasteiger partial charge on any atom is -0.508 e. The van der Waals surface area contributed by atoms with Crippen LogP contribution >= 0.6 is 11.8 Å². The van der Waals surface area contributed by atoms with Gasteiger partial charge in [0.15, 0.2) is 0 Å². The Hall–Kier alpha value is -0.830. The Bertz CT molecular complexity index is 367. The zero-order valence-electron chi connectivity index (χ0n) is 9.86. The number of rotatable bonds is 2. The van der Waals surface area contributed by atoms with Crippen LogP contribution in [-0.2, 0) is 0 Å². The zero-order chi connectivity index (χ0) is 11.5. The molecule has 2 N–H and O–H groups in total. The molecule has 0 radical (unpaired) electrons. The molecule has 1 fully saturated rings. The fourth-order valence-electron chi connectivity index (χ4n) is 2.12. The summed E-state index contributed by atoms with van der Waals surface area (Å²) in [4.78, 5) is 0. The van der Waals surface area contributed by atoms with Crippen molar-refractivity contribution in [3.8, 4) is 5.75 Å². The van der Waals surface area contributed by atoms with Gasteiger partial charge >= 0.3 is 0 Å². The van der Waals surface area contributed by atoms with E-state index in [1.807, 2.05) is 30.8 Å². The van der Waals surface area contributed by atoms with Gasteiger partial charge < -0.3 is 10.4 Å². The van der Waals surface area contributed by atoms with Gasteiger partial charge in [-0.25, -0.2) is 0 Å². The number of anilines is 1. The molecular formula is C13H19NOS. The maximum absolute atomic E-state index is 9.36. The second kappa shape index (κ2) is 5.00. The average molecular weight is 237 g/mol. The van der Waals surface area contributed by atoms with E-state index in [4.69, 9.17) is 0 Å². The lowest BCUT2D eigenvalue weighted by molar-refractivity contribution is 0.475. The lowest BCUT2D eigenvalue weighted by Gasteiger charge is -2.30. The maximum Gasteiger partial charge on any atom is 0.115 e. The molecule has 2 rings (SSSR count). The number of hydrogen-bond donors (Lipinski definition) is 2. The molecule has 1 aromatic carbocycles. The lowest BCUT2D eigenvalue weighted by atomic mass is 10.1. The third-order valence-electron chi connectivity index (χ3n) is 3.16. The predicted molar refractivity (Wildman–Crippen MR) is 71.4 cm³/mol. The number of phenols is 1. The molecule has 1 aliphatic heterocycles. The van der Waals surface area contributed by atoms with Crippen molar-refractivity contribution in [1.29, 1.82) is 0 Å². The van der Waals surface area contributed by atoms with Crippen LogP contribution < -0.4 is 5.32 Å². The molecule has 0 amide bonds. The largest absolute Gasteiger partial charge is 0.508 e. The molecule has 1 aromatic rings. The summed E-state index contributed by atoms with van der Waals surface area (Å²) < 4.78 is 0. The Kier molecular flexibility index (Phi) is 3.64. The first-order chi connectivity index (χ1) is 7.66. The van der Waals surface area contributed by atoms with Crippen LogP contribution in [0.5, 0.6) is 5.75 Å². The highest BCUT2D eigenvalue weighted by Gasteiger charge is 2.21. The van der Waals surface area contributed by atoms with E-state index in [1.54, 1.807) is 6.07 Å². The Morgan fingerprint density at radius 1 is 1.44 bits per heavy atom. The van der Waals surface area contributed by atoms with Crippen LogP contribution in [-0.4, -0.2) is 22.2 Å². The highest BCUT2D eigenvalue weighted by Crippen LogP contribution is 2.29. The molecule has 2 unspecified atom stereocenters. The van der Waals surface area contributed by atoms with E-state index >= 15 is 0 Å². The lowest BCUT2D eigenvalue weighted by Crippen LogP contribution is -2.32. The molecule has 1 saturated heterocycles. The second-order valence-corrected chi connectivity index (χ2v) is 5.95. The van der Waals surface area contributed by atoms with Gasteiger partial charge in [-0.1, -0.05) is 6.92 Å². The molecule has 1 heterocycles. The van der Waals surface area contributed by atoms with Crippen LogP contribution in [0.1, 0.15) is 25.3 Å². The number of benzene rings is 1. The summed E-state index contributed by atoms with van der Waals surface area (Å²) in [6.07, 6.45) is 2.54. The number of aryl methyl sites for hydroxylation is 1. The molecular weight excluding hydrogens is 218 g/mol. The van der Waals surface area contributed by atoms with Gasteiger partial charge in [-0.05, 0) is 49.3 Å². The van der Waals surface area contributed by atoms with Crippen molar-refractivity contribution in [1.82, 2.24) is 0 Å². The third kappa shape index (κ3) is 2.64. The van der Waals surface area contributed by atoms with Crippen LogP contribution in [0.4, 0.5) is 5.69 Å². The number of phenolic OH excluding ortho intramolecular Hbond substituents is 1. The molecule has 0 aromatic heterocycles. The van der Waals surface area contributed by atoms with E-state index < -0.39 is 0 Å². The van der Waals surface area contributed by atoms with Crippen molar-refractivity contribution in [2.45, 2.75) is 38.0 Å². The first-order valence-electron chi connectivity index (χ1n) is 5.84. The monoisotopic (exact) mass is 237 g/mol. The predicted octanol–water partition coefficient (Wildman–Crippen LogP) is 3.40. The van der Waals surface area contributed by atoms with Crippen LogP contribution in [0.2, 0.25) is 0 Å². The molecule has 16 heavy (non-hydrogen) atoms. The van der Waals surface area contributed by atoms with Gasteiger partial charge in [-0.2, -0.15) is 11.8 Å². The van der Waals surface area contributed by atoms with Crippen molar-refractivity contribution in [2.24, 2.45) is 0 Å². The Labute approximate surface area is 101 Å². The number of thioether (sulfide) groups is 1. The van der Waals surface area contributed by atoms with Gasteiger partial charge in [0.05, 0.1) is 0 Å². The van der Waals surface area contributed by atoms with Gasteiger partial charge in [0.1, 0.15) is 5.75 Å². The van der Waals surface area contributed by atoms with Gasteiger partial charge in [0, 0.05) is 17.0 Å². The summed E-state index contributed by atoms with van der Waals surface area (Å²) in [6.45, 7) is 4.32. The highest BCUT2D eigenvalue weighted by molar-refractivity contribution is 8.00. The summed E-state index contributed by atoms with van der Waals surface area (Å²) in [5, 5.41) is 13.6. The maximum atomic E-state index is 9.36. The summed E-state index contributed by atoms with van der Waals surface area (Å²) in [5.41, 5.74) is 2.26. The quantitative estimate of drug-likeness (QED) is 0.773. The van der Waals surface area contributed by atoms with Crippen molar-refractivity contribution in [3.05, 3.63) is 23.8 Å².